The molecule has 3 rings (SSSR count). The molecule has 114 valence electrons. The molecule has 0 saturated carbocycles. The van der Waals surface area contributed by atoms with Crippen LogP contribution in [0.15, 0.2) is 24.3 Å². The number of nitrogens with zero attached hydrogens (tertiary/aromatic N) is 1. The predicted molar refractivity (Wildman–Crippen MR) is 85.4 cm³/mol. The van der Waals surface area contributed by atoms with Gasteiger partial charge in [0.25, 0.3) is 0 Å². The molecule has 2 aliphatic heterocycles. The number of piperidine rings is 1. The van der Waals surface area contributed by atoms with E-state index in [2.05, 4.69) is 34.6 Å². The van der Waals surface area contributed by atoms with Gasteiger partial charge in [0.15, 0.2) is 0 Å². The molecule has 0 bridgehead atoms. The van der Waals surface area contributed by atoms with Crippen LogP contribution in [0.25, 0.3) is 0 Å². The number of nitrogens with one attached hydrogen (secondary N) is 2. The zero-order valence-corrected chi connectivity index (χ0v) is 12.8. The van der Waals surface area contributed by atoms with E-state index in [-0.39, 0.29) is 5.91 Å². The number of likely N-dealkylation sites (tertiary alicyclic amines) is 1. The maximum Gasteiger partial charge on any atom is 0.238 e. The van der Waals surface area contributed by atoms with Gasteiger partial charge in [-0.05, 0) is 49.4 Å². The Balaban J connectivity index is 1.49. The highest BCUT2D eigenvalue weighted by molar-refractivity contribution is 5.92. The number of carbonyl (C=O) groups excluding carboxylic acids is 1. The summed E-state index contributed by atoms with van der Waals surface area (Å²) in [4.78, 5) is 14.4. The minimum absolute atomic E-state index is 0.0953. The summed E-state index contributed by atoms with van der Waals surface area (Å²) >= 11 is 0. The number of amides is 1. The summed E-state index contributed by atoms with van der Waals surface area (Å²) in [7, 11) is 0. The zero-order chi connectivity index (χ0) is 14.7. The van der Waals surface area contributed by atoms with Gasteiger partial charge >= 0.3 is 0 Å². The van der Waals surface area contributed by atoms with Crippen LogP contribution in [-0.2, 0) is 11.2 Å². The first-order valence-corrected chi connectivity index (χ1v) is 8.09. The highest BCUT2D eigenvalue weighted by Crippen LogP contribution is 2.24. The number of hydrogen-bond donors (Lipinski definition) is 2. The van der Waals surface area contributed by atoms with Crippen molar-refractivity contribution in [2.75, 3.05) is 31.5 Å². The lowest BCUT2D eigenvalue weighted by Crippen LogP contribution is -2.41. The Labute approximate surface area is 126 Å². The first-order chi connectivity index (χ1) is 10.2. The molecule has 2 saturated heterocycles. The lowest BCUT2D eigenvalue weighted by atomic mass is 9.94. The second kappa shape index (κ2) is 6.58. The second-order valence-electron chi connectivity index (χ2n) is 6.26. The molecule has 2 aliphatic rings. The smallest absolute Gasteiger partial charge is 0.238 e. The topological polar surface area (TPSA) is 44.4 Å². The van der Waals surface area contributed by atoms with Crippen LogP contribution in [0.1, 0.15) is 25.3 Å². The fourth-order valence-corrected chi connectivity index (χ4v) is 3.49. The molecule has 0 aliphatic carbocycles. The molecule has 4 heteroatoms. The quantitative estimate of drug-likeness (QED) is 0.888. The average molecular weight is 287 g/mol. The highest BCUT2D eigenvalue weighted by atomic mass is 16.2. The maximum absolute atomic E-state index is 12.2. The fraction of sp³-hybridized carbons (Fsp3) is 0.588. The van der Waals surface area contributed by atoms with Gasteiger partial charge < -0.3 is 10.6 Å². The third-order valence-electron chi connectivity index (χ3n) is 4.69. The minimum Gasteiger partial charge on any atom is -0.325 e. The molecule has 0 spiro atoms. The molecule has 2 fully saturated rings. The van der Waals surface area contributed by atoms with E-state index < -0.39 is 0 Å². The van der Waals surface area contributed by atoms with Crippen molar-refractivity contribution in [2.24, 2.45) is 5.92 Å². The number of carbonyl (C=O) groups is 1. The minimum atomic E-state index is 0.0953. The Morgan fingerprint density at radius 2 is 2.14 bits per heavy atom. The predicted octanol–water partition coefficient (Wildman–Crippen LogP) is 1.87. The molecule has 2 atom stereocenters. The molecular weight excluding hydrogens is 262 g/mol. The number of aryl methyl sites for hydroxylation is 1. The average Bonchev–Trinajstić information content (AvgIpc) is 2.90. The van der Waals surface area contributed by atoms with E-state index in [1.807, 2.05) is 12.1 Å². The van der Waals surface area contributed by atoms with Gasteiger partial charge in [-0.2, -0.15) is 0 Å². The normalized spacial score (nSPS) is 25.6. The monoisotopic (exact) mass is 287 g/mol. The van der Waals surface area contributed by atoms with Crippen molar-refractivity contribution in [1.29, 1.82) is 0 Å². The van der Waals surface area contributed by atoms with Gasteiger partial charge in [-0.3, -0.25) is 9.69 Å². The number of rotatable bonds is 4. The Bertz CT molecular complexity index is 471. The van der Waals surface area contributed by atoms with Crippen LogP contribution in [-0.4, -0.2) is 43.0 Å². The van der Waals surface area contributed by atoms with Gasteiger partial charge in [0, 0.05) is 24.8 Å². The zero-order valence-electron chi connectivity index (χ0n) is 12.8. The largest absolute Gasteiger partial charge is 0.325 e. The molecule has 0 unspecified atom stereocenters. The highest BCUT2D eigenvalue weighted by Gasteiger charge is 2.34. The van der Waals surface area contributed by atoms with Gasteiger partial charge in [0.05, 0.1) is 6.54 Å². The lowest BCUT2D eigenvalue weighted by Gasteiger charge is -2.24. The van der Waals surface area contributed by atoms with Crippen LogP contribution in [0.2, 0.25) is 0 Å². The Kier molecular flexibility index (Phi) is 4.56. The van der Waals surface area contributed by atoms with E-state index in [0.717, 1.165) is 37.7 Å². The summed E-state index contributed by atoms with van der Waals surface area (Å²) in [5, 5.41) is 6.57. The SMILES string of the molecule is CCc1ccc(NC(=O)CN2C[C@@H]3CCCN[C@@H]3C2)cc1. The van der Waals surface area contributed by atoms with E-state index >= 15 is 0 Å². The summed E-state index contributed by atoms with van der Waals surface area (Å²) in [6.07, 6.45) is 3.59. The van der Waals surface area contributed by atoms with Gasteiger partial charge in [0.1, 0.15) is 0 Å². The first kappa shape index (κ1) is 14.5. The molecule has 1 aromatic carbocycles. The van der Waals surface area contributed by atoms with Gasteiger partial charge in [-0.1, -0.05) is 19.1 Å². The third-order valence-corrected chi connectivity index (χ3v) is 4.69. The van der Waals surface area contributed by atoms with Crippen molar-refractivity contribution in [1.82, 2.24) is 10.2 Å². The Hall–Kier alpha value is -1.39. The third kappa shape index (κ3) is 3.63. The molecule has 21 heavy (non-hydrogen) atoms. The molecule has 0 aromatic heterocycles. The van der Waals surface area contributed by atoms with Crippen molar-refractivity contribution in [3.05, 3.63) is 29.8 Å². The van der Waals surface area contributed by atoms with Crippen LogP contribution in [0.4, 0.5) is 5.69 Å². The van der Waals surface area contributed by atoms with Gasteiger partial charge in [-0.25, -0.2) is 0 Å². The standard InChI is InChI=1S/C17H25N3O/c1-2-13-5-7-15(8-6-13)19-17(21)12-20-10-14-4-3-9-18-16(14)11-20/h5-8,14,16,18H,2-4,9-12H2,1H3,(H,19,21)/t14-,16+/m0/s1. The molecule has 0 radical (unpaired) electrons. The van der Waals surface area contributed by atoms with Crippen molar-refractivity contribution < 1.29 is 4.79 Å². The van der Waals surface area contributed by atoms with E-state index in [4.69, 9.17) is 0 Å². The summed E-state index contributed by atoms with van der Waals surface area (Å²) in [6.45, 7) is 5.83. The maximum atomic E-state index is 12.2. The Morgan fingerprint density at radius 3 is 2.86 bits per heavy atom. The summed E-state index contributed by atoms with van der Waals surface area (Å²) in [6, 6.07) is 8.72. The van der Waals surface area contributed by atoms with Crippen molar-refractivity contribution >= 4 is 11.6 Å². The van der Waals surface area contributed by atoms with Gasteiger partial charge in [-0.15, -0.1) is 0 Å². The van der Waals surface area contributed by atoms with Crippen LogP contribution in [0.3, 0.4) is 0 Å². The molecule has 1 amide bonds. The molecular formula is C17H25N3O. The molecule has 2 N–H and O–H groups in total. The van der Waals surface area contributed by atoms with E-state index in [9.17, 15) is 4.79 Å². The van der Waals surface area contributed by atoms with Crippen molar-refractivity contribution in [3.8, 4) is 0 Å². The van der Waals surface area contributed by atoms with E-state index in [1.165, 1.54) is 18.4 Å². The van der Waals surface area contributed by atoms with Crippen LogP contribution in [0.5, 0.6) is 0 Å². The van der Waals surface area contributed by atoms with Gasteiger partial charge in [0.2, 0.25) is 5.91 Å². The van der Waals surface area contributed by atoms with E-state index in [0.29, 0.717) is 12.6 Å². The number of hydrogen-bond acceptors (Lipinski definition) is 3. The molecule has 2 heterocycles. The summed E-state index contributed by atoms with van der Waals surface area (Å²) < 4.78 is 0. The molecule has 1 aromatic rings. The number of anilines is 1. The summed E-state index contributed by atoms with van der Waals surface area (Å²) in [5.41, 5.74) is 2.19. The van der Waals surface area contributed by atoms with Crippen molar-refractivity contribution in [2.45, 2.75) is 32.2 Å². The van der Waals surface area contributed by atoms with E-state index in [1.54, 1.807) is 0 Å². The van der Waals surface area contributed by atoms with Crippen LogP contribution < -0.4 is 10.6 Å². The second-order valence-corrected chi connectivity index (χ2v) is 6.26. The fourth-order valence-electron chi connectivity index (χ4n) is 3.49. The number of benzene rings is 1. The summed E-state index contributed by atoms with van der Waals surface area (Å²) in [5.74, 6) is 0.827. The number of fused-ring (bicyclic) bond motifs is 1. The lowest BCUT2D eigenvalue weighted by molar-refractivity contribution is -0.117. The van der Waals surface area contributed by atoms with Crippen molar-refractivity contribution in [3.63, 3.8) is 0 Å². The van der Waals surface area contributed by atoms with Crippen LogP contribution in [0, 0.1) is 5.92 Å². The first-order valence-electron chi connectivity index (χ1n) is 8.09. The molecule has 4 nitrogen and oxygen atoms in total. The van der Waals surface area contributed by atoms with Crippen LogP contribution >= 0.6 is 0 Å². The Morgan fingerprint density at radius 1 is 1.33 bits per heavy atom.